The van der Waals surface area contributed by atoms with Crippen LogP contribution in [-0.2, 0) is 6.42 Å². The van der Waals surface area contributed by atoms with Gasteiger partial charge in [0.05, 0.1) is 0 Å². The molecule has 4 rings (SSSR count). The molecule has 0 aliphatic carbocycles. The Kier molecular flexibility index (Phi) is 2.38. The lowest BCUT2D eigenvalue weighted by Gasteiger charge is -2.04. The van der Waals surface area contributed by atoms with E-state index in [4.69, 9.17) is 0 Å². The fraction of sp³-hybridized carbons (Fsp3) is 0.133. The minimum absolute atomic E-state index is 0.928. The fourth-order valence-electron chi connectivity index (χ4n) is 2.69. The summed E-state index contributed by atoms with van der Waals surface area (Å²) in [6.07, 6.45) is 4.96. The Morgan fingerprint density at radius 3 is 3.11 bits per heavy atom. The first-order valence-electron chi connectivity index (χ1n) is 6.31. The van der Waals surface area contributed by atoms with Crippen LogP contribution in [0.1, 0.15) is 5.56 Å². The molecule has 2 aromatic heterocycles. The maximum Gasteiger partial charge on any atom is 0.137 e. The van der Waals surface area contributed by atoms with Crippen molar-refractivity contribution in [2.75, 3.05) is 11.9 Å². The molecule has 0 atom stereocenters. The highest BCUT2D eigenvalue weighted by Crippen LogP contribution is 2.33. The SMILES string of the molecule is Brc1cnc2[nH]cc(-c3ccc4c(c3)CCN4)c2c1. The minimum atomic E-state index is 0.928. The zero-order valence-electron chi connectivity index (χ0n) is 10.2. The molecular formula is C15H12BrN3. The van der Waals surface area contributed by atoms with E-state index in [9.17, 15) is 0 Å². The van der Waals surface area contributed by atoms with E-state index in [1.165, 1.54) is 22.4 Å². The lowest BCUT2D eigenvalue weighted by molar-refractivity contribution is 1.11. The maximum atomic E-state index is 4.38. The number of nitrogens with zero attached hydrogens (tertiary/aromatic N) is 1. The van der Waals surface area contributed by atoms with Crippen LogP contribution in [0.4, 0.5) is 5.69 Å². The highest BCUT2D eigenvalue weighted by molar-refractivity contribution is 9.10. The van der Waals surface area contributed by atoms with Gasteiger partial charge in [0.15, 0.2) is 0 Å². The summed E-state index contributed by atoms with van der Waals surface area (Å²) < 4.78 is 1.00. The minimum Gasteiger partial charge on any atom is -0.384 e. The van der Waals surface area contributed by atoms with E-state index in [1.54, 1.807) is 0 Å². The van der Waals surface area contributed by atoms with Crippen molar-refractivity contribution in [3.63, 3.8) is 0 Å². The number of hydrogen-bond acceptors (Lipinski definition) is 2. The number of pyridine rings is 1. The van der Waals surface area contributed by atoms with Gasteiger partial charge in [0.25, 0.3) is 0 Å². The van der Waals surface area contributed by atoms with Crippen LogP contribution in [0.2, 0.25) is 0 Å². The van der Waals surface area contributed by atoms with Gasteiger partial charge in [0.1, 0.15) is 5.65 Å². The molecule has 3 aromatic rings. The summed E-state index contributed by atoms with van der Waals surface area (Å²) in [5.74, 6) is 0. The molecule has 1 aliphatic heterocycles. The van der Waals surface area contributed by atoms with Crippen LogP contribution in [0.5, 0.6) is 0 Å². The van der Waals surface area contributed by atoms with Gasteiger partial charge in [-0.25, -0.2) is 4.98 Å². The summed E-state index contributed by atoms with van der Waals surface area (Å²) in [4.78, 5) is 7.62. The van der Waals surface area contributed by atoms with Crippen molar-refractivity contribution >= 4 is 32.7 Å². The first-order valence-corrected chi connectivity index (χ1v) is 7.10. The van der Waals surface area contributed by atoms with Crippen molar-refractivity contribution in [1.82, 2.24) is 9.97 Å². The zero-order valence-corrected chi connectivity index (χ0v) is 11.8. The molecular weight excluding hydrogens is 302 g/mol. The predicted octanol–water partition coefficient (Wildman–Crippen LogP) is 3.96. The van der Waals surface area contributed by atoms with Crippen LogP contribution in [0.3, 0.4) is 0 Å². The number of aromatic nitrogens is 2. The van der Waals surface area contributed by atoms with Gasteiger partial charge in [-0.2, -0.15) is 0 Å². The number of rotatable bonds is 1. The average Bonchev–Trinajstić information content (AvgIpc) is 3.03. The maximum absolute atomic E-state index is 4.38. The Morgan fingerprint density at radius 2 is 2.16 bits per heavy atom. The molecule has 0 saturated carbocycles. The second-order valence-electron chi connectivity index (χ2n) is 4.80. The van der Waals surface area contributed by atoms with Gasteiger partial charge in [-0.1, -0.05) is 6.07 Å². The van der Waals surface area contributed by atoms with E-state index >= 15 is 0 Å². The molecule has 0 amide bonds. The molecule has 0 bridgehead atoms. The topological polar surface area (TPSA) is 40.7 Å². The van der Waals surface area contributed by atoms with Crippen LogP contribution in [0, 0.1) is 0 Å². The molecule has 3 nitrogen and oxygen atoms in total. The Labute approximate surface area is 119 Å². The summed E-state index contributed by atoms with van der Waals surface area (Å²) in [5, 5.41) is 4.54. The quantitative estimate of drug-likeness (QED) is 0.714. The second kappa shape index (κ2) is 4.10. The summed E-state index contributed by atoms with van der Waals surface area (Å²) in [6.45, 7) is 1.04. The third-order valence-electron chi connectivity index (χ3n) is 3.62. The molecule has 3 heterocycles. The summed E-state index contributed by atoms with van der Waals surface area (Å²) >= 11 is 3.49. The van der Waals surface area contributed by atoms with E-state index in [0.29, 0.717) is 0 Å². The molecule has 19 heavy (non-hydrogen) atoms. The van der Waals surface area contributed by atoms with E-state index < -0.39 is 0 Å². The number of benzene rings is 1. The van der Waals surface area contributed by atoms with Crippen LogP contribution in [0.25, 0.3) is 22.2 Å². The van der Waals surface area contributed by atoms with Gasteiger partial charge >= 0.3 is 0 Å². The third-order valence-corrected chi connectivity index (χ3v) is 4.06. The number of anilines is 1. The van der Waals surface area contributed by atoms with Gasteiger partial charge in [-0.15, -0.1) is 0 Å². The summed E-state index contributed by atoms with van der Waals surface area (Å²) in [7, 11) is 0. The number of H-pyrrole nitrogens is 1. The number of halogens is 1. The molecule has 94 valence electrons. The highest BCUT2D eigenvalue weighted by atomic mass is 79.9. The monoisotopic (exact) mass is 313 g/mol. The van der Waals surface area contributed by atoms with Crippen molar-refractivity contribution in [2.24, 2.45) is 0 Å². The smallest absolute Gasteiger partial charge is 0.137 e. The van der Waals surface area contributed by atoms with Crippen molar-refractivity contribution < 1.29 is 0 Å². The van der Waals surface area contributed by atoms with Crippen LogP contribution in [-0.4, -0.2) is 16.5 Å². The molecule has 2 N–H and O–H groups in total. The zero-order chi connectivity index (χ0) is 12.8. The number of hydrogen-bond donors (Lipinski definition) is 2. The first kappa shape index (κ1) is 11.1. The molecule has 1 aliphatic rings. The third kappa shape index (κ3) is 1.75. The molecule has 0 saturated heterocycles. The van der Waals surface area contributed by atoms with Gasteiger partial charge in [0.2, 0.25) is 0 Å². The normalized spacial score (nSPS) is 13.5. The molecule has 0 radical (unpaired) electrons. The Bertz CT molecular complexity index is 776. The lowest BCUT2D eigenvalue weighted by atomic mass is 10.0. The van der Waals surface area contributed by atoms with Crippen LogP contribution >= 0.6 is 15.9 Å². The van der Waals surface area contributed by atoms with Gasteiger partial charge in [0, 0.05) is 40.0 Å². The summed E-state index contributed by atoms with van der Waals surface area (Å²) in [6, 6.07) is 8.72. The van der Waals surface area contributed by atoms with Crippen molar-refractivity contribution in [2.45, 2.75) is 6.42 Å². The standard InChI is InChI=1S/C15H12BrN3/c16-11-6-12-13(8-19-15(12)18-7-11)9-1-2-14-10(5-9)3-4-17-14/h1-2,5-8,17H,3-4H2,(H,18,19). The highest BCUT2D eigenvalue weighted by Gasteiger charge is 2.13. The Balaban J connectivity index is 1.92. The summed E-state index contributed by atoms with van der Waals surface area (Å²) in [5.41, 5.74) is 6.04. The van der Waals surface area contributed by atoms with E-state index in [1.807, 2.05) is 12.4 Å². The van der Waals surface area contributed by atoms with E-state index in [2.05, 4.69) is 55.5 Å². The molecule has 0 fully saturated rings. The lowest BCUT2D eigenvalue weighted by Crippen LogP contribution is -1.90. The molecule has 0 unspecified atom stereocenters. The van der Waals surface area contributed by atoms with Crippen molar-refractivity contribution in [3.8, 4) is 11.1 Å². The number of fused-ring (bicyclic) bond motifs is 2. The first-order chi connectivity index (χ1) is 9.31. The average molecular weight is 314 g/mol. The number of nitrogens with one attached hydrogen (secondary N) is 2. The van der Waals surface area contributed by atoms with Crippen molar-refractivity contribution in [3.05, 3.63) is 46.7 Å². The van der Waals surface area contributed by atoms with Gasteiger partial charge < -0.3 is 10.3 Å². The Morgan fingerprint density at radius 1 is 1.21 bits per heavy atom. The molecule has 1 aromatic carbocycles. The second-order valence-corrected chi connectivity index (χ2v) is 5.72. The Hall–Kier alpha value is -1.81. The predicted molar refractivity (Wildman–Crippen MR) is 81.4 cm³/mol. The van der Waals surface area contributed by atoms with E-state index in [-0.39, 0.29) is 0 Å². The fourth-order valence-corrected chi connectivity index (χ4v) is 3.02. The van der Waals surface area contributed by atoms with E-state index in [0.717, 1.165) is 28.5 Å². The largest absolute Gasteiger partial charge is 0.384 e. The van der Waals surface area contributed by atoms with Gasteiger partial charge in [-0.05, 0) is 51.7 Å². The van der Waals surface area contributed by atoms with Crippen LogP contribution < -0.4 is 5.32 Å². The molecule has 0 spiro atoms. The van der Waals surface area contributed by atoms with Crippen molar-refractivity contribution in [1.29, 1.82) is 0 Å². The van der Waals surface area contributed by atoms with Crippen LogP contribution in [0.15, 0.2) is 41.1 Å². The van der Waals surface area contributed by atoms with Gasteiger partial charge in [-0.3, -0.25) is 0 Å². The number of aromatic amines is 1. The molecule has 4 heteroatoms.